The van der Waals surface area contributed by atoms with Gasteiger partial charge in [0, 0.05) is 40.8 Å². The SMILES string of the molecule is O=c1ccc(=O)[nH][nH]1.O=c1ccc(=O)[nH][nH]1.[Ni]. The summed E-state index contributed by atoms with van der Waals surface area (Å²) >= 11 is 0. The quantitative estimate of drug-likeness (QED) is 0.421. The van der Waals surface area contributed by atoms with E-state index in [9.17, 15) is 19.2 Å². The van der Waals surface area contributed by atoms with E-state index in [4.69, 9.17) is 0 Å². The normalized spacial score (nSPS) is 8.47. The third-order valence-corrected chi connectivity index (χ3v) is 1.39. The molecule has 0 atom stereocenters. The zero-order valence-corrected chi connectivity index (χ0v) is 9.25. The summed E-state index contributed by atoms with van der Waals surface area (Å²) in [7, 11) is 0. The average Bonchev–Trinajstić information content (AvgIpc) is 2.28. The summed E-state index contributed by atoms with van der Waals surface area (Å²) in [5.41, 5.74) is -1.21. The van der Waals surface area contributed by atoms with Gasteiger partial charge in [0.1, 0.15) is 0 Å². The van der Waals surface area contributed by atoms with Crippen LogP contribution in [0, 0.1) is 0 Å². The minimum Gasteiger partial charge on any atom is -0.268 e. The zero-order chi connectivity index (χ0) is 12.0. The Morgan fingerprint density at radius 3 is 0.824 bits per heavy atom. The predicted octanol–water partition coefficient (Wildman–Crippen LogP) is -1.88. The molecule has 17 heavy (non-hydrogen) atoms. The van der Waals surface area contributed by atoms with Crippen LogP contribution in [0.15, 0.2) is 43.4 Å². The first-order chi connectivity index (χ1) is 7.58. The van der Waals surface area contributed by atoms with Crippen LogP contribution in [-0.2, 0) is 16.5 Å². The summed E-state index contributed by atoms with van der Waals surface area (Å²) in [6, 6.07) is 4.66. The van der Waals surface area contributed by atoms with Gasteiger partial charge in [-0.25, -0.2) is 0 Å². The van der Waals surface area contributed by atoms with Crippen molar-refractivity contribution in [3.8, 4) is 0 Å². The molecule has 0 spiro atoms. The standard InChI is InChI=1S/2C4H4N2O2.Ni/c2*7-3-1-2-4(8)6-5-3;/h2*1-2H,(H,5,7)(H,6,8);. The Morgan fingerprint density at radius 2 is 0.706 bits per heavy atom. The van der Waals surface area contributed by atoms with Crippen LogP contribution in [0.3, 0.4) is 0 Å². The third-order valence-electron chi connectivity index (χ3n) is 1.39. The summed E-state index contributed by atoms with van der Waals surface area (Å²) in [6.45, 7) is 0. The van der Waals surface area contributed by atoms with Gasteiger partial charge in [-0.1, -0.05) is 0 Å². The molecule has 0 radical (unpaired) electrons. The fourth-order valence-corrected chi connectivity index (χ4v) is 0.716. The molecule has 9 heteroatoms. The van der Waals surface area contributed by atoms with Crippen molar-refractivity contribution in [2.75, 3.05) is 0 Å². The molecule has 0 aliphatic rings. The first kappa shape index (κ1) is 14.9. The van der Waals surface area contributed by atoms with Crippen LogP contribution >= 0.6 is 0 Å². The molecule has 94 valence electrons. The molecule has 2 aromatic heterocycles. The molecule has 2 heterocycles. The van der Waals surface area contributed by atoms with Gasteiger partial charge < -0.3 is 0 Å². The molecule has 0 fully saturated rings. The average molecular weight is 283 g/mol. The maximum absolute atomic E-state index is 10.2. The van der Waals surface area contributed by atoms with Crippen LogP contribution < -0.4 is 22.2 Å². The Kier molecular flexibility index (Phi) is 6.27. The van der Waals surface area contributed by atoms with E-state index in [1.807, 2.05) is 0 Å². The molecule has 2 rings (SSSR count). The second-order valence-corrected chi connectivity index (χ2v) is 2.62. The number of rotatable bonds is 0. The topological polar surface area (TPSA) is 131 Å². The van der Waals surface area contributed by atoms with Crippen molar-refractivity contribution in [1.29, 1.82) is 0 Å². The maximum atomic E-state index is 10.2. The van der Waals surface area contributed by atoms with Gasteiger partial charge in [-0.3, -0.25) is 39.6 Å². The molecule has 0 aromatic carbocycles. The second kappa shape index (κ2) is 7.18. The summed E-state index contributed by atoms with van der Waals surface area (Å²) < 4.78 is 0. The Hall–Kier alpha value is -2.15. The number of aromatic amines is 4. The Bertz CT molecular complexity index is 504. The fraction of sp³-hybridized carbons (Fsp3) is 0. The van der Waals surface area contributed by atoms with Crippen LogP contribution in [0.5, 0.6) is 0 Å². The monoisotopic (exact) mass is 282 g/mol. The van der Waals surface area contributed by atoms with Crippen LogP contribution in [0.1, 0.15) is 0 Å². The molecule has 0 saturated carbocycles. The molecule has 0 unspecified atom stereocenters. The molecule has 8 nitrogen and oxygen atoms in total. The summed E-state index contributed by atoms with van der Waals surface area (Å²) in [5, 5.41) is 8.43. The minimum atomic E-state index is -0.301. The third kappa shape index (κ3) is 6.11. The van der Waals surface area contributed by atoms with E-state index in [0.29, 0.717) is 0 Å². The van der Waals surface area contributed by atoms with E-state index in [1.54, 1.807) is 0 Å². The van der Waals surface area contributed by atoms with E-state index >= 15 is 0 Å². The van der Waals surface area contributed by atoms with Crippen molar-refractivity contribution in [3.63, 3.8) is 0 Å². The first-order valence-corrected chi connectivity index (χ1v) is 4.14. The molecular weight excluding hydrogens is 275 g/mol. The largest absolute Gasteiger partial charge is 0.268 e. The first-order valence-electron chi connectivity index (χ1n) is 4.14. The fourth-order valence-electron chi connectivity index (χ4n) is 0.716. The van der Waals surface area contributed by atoms with Crippen LogP contribution in [0.4, 0.5) is 0 Å². The number of H-pyrrole nitrogens is 4. The van der Waals surface area contributed by atoms with Crippen molar-refractivity contribution in [2.45, 2.75) is 0 Å². The van der Waals surface area contributed by atoms with Crippen LogP contribution in [0.25, 0.3) is 0 Å². The predicted molar refractivity (Wildman–Crippen MR) is 55.4 cm³/mol. The van der Waals surface area contributed by atoms with Crippen LogP contribution in [-0.4, -0.2) is 20.4 Å². The van der Waals surface area contributed by atoms with Crippen LogP contribution in [0.2, 0.25) is 0 Å². The summed E-state index contributed by atoms with van der Waals surface area (Å²) in [5.74, 6) is 0. The van der Waals surface area contributed by atoms with Crippen molar-refractivity contribution in [3.05, 3.63) is 65.7 Å². The van der Waals surface area contributed by atoms with Gasteiger partial charge >= 0.3 is 0 Å². The van der Waals surface area contributed by atoms with Gasteiger partial charge in [0.05, 0.1) is 0 Å². The Balaban J connectivity index is 0.000000284. The maximum Gasteiger partial charge on any atom is 0.262 e. The zero-order valence-electron chi connectivity index (χ0n) is 8.26. The number of hydrogen-bond donors (Lipinski definition) is 4. The van der Waals surface area contributed by atoms with Gasteiger partial charge in [0.25, 0.3) is 22.2 Å². The molecule has 0 aliphatic heterocycles. The minimum absolute atomic E-state index is 0. The van der Waals surface area contributed by atoms with Crippen molar-refractivity contribution >= 4 is 0 Å². The number of hydrogen-bond acceptors (Lipinski definition) is 4. The summed E-state index contributed by atoms with van der Waals surface area (Å²) in [4.78, 5) is 40.8. The Labute approximate surface area is 103 Å². The molecule has 0 amide bonds. The van der Waals surface area contributed by atoms with Gasteiger partial charge in [-0.15, -0.1) is 0 Å². The van der Waals surface area contributed by atoms with Gasteiger partial charge in [-0.2, -0.15) is 0 Å². The van der Waals surface area contributed by atoms with E-state index in [2.05, 4.69) is 20.4 Å². The van der Waals surface area contributed by atoms with Crippen molar-refractivity contribution < 1.29 is 16.5 Å². The van der Waals surface area contributed by atoms with Gasteiger partial charge in [0.15, 0.2) is 0 Å². The van der Waals surface area contributed by atoms with E-state index in [1.165, 1.54) is 24.3 Å². The molecule has 0 bridgehead atoms. The summed E-state index contributed by atoms with van der Waals surface area (Å²) in [6.07, 6.45) is 0. The molecule has 4 N–H and O–H groups in total. The van der Waals surface area contributed by atoms with E-state index in [-0.39, 0.29) is 38.7 Å². The number of nitrogens with one attached hydrogen (secondary N) is 4. The van der Waals surface area contributed by atoms with E-state index in [0.717, 1.165) is 0 Å². The van der Waals surface area contributed by atoms with Gasteiger partial charge in [-0.05, 0) is 0 Å². The number of aromatic nitrogens is 4. The van der Waals surface area contributed by atoms with E-state index < -0.39 is 0 Å². The van der Waals surface area contributed by atoms with Crippen molar-refractivity contribution in [2.24, 2.45) is 0 Å². The van der Waals surface area contributed by atoms with Crippen molar-refractivity contribution in [1.82, 2.24) is 20.4 Å². The second-order valence-electron chi connectivity index (χ2n) is 2.62. The molecule has 0 aliphatic carbocycles. The molecule has 2 aromatic rings. The molecule has 0 saturated heterocycles. The van der Waals surface area contributed by atoms with Gasteiger partial charge in [0.2, 0.25) is 0 Å². The smallest absolute Gasteiger partial charge is 0.262 e. The molecular formula is C8H8N4NiO4. The Morgan fingerprint density at radius 1 is 0.529 bits per heavy atom.